The minimum absolute atomic E-state index is 0.00880. The number of phenols is 1. The minimum Gasteiger partial charge on any atom is -0.507 e. The molecule has 13 heavy (non-hydrogen) atoms. The number of hydrogen-bond acceptors (Lipinski definition) is 1. The predicted molar refractivity (Wildman–Crippen MR) is 58.5 cm³/mol. The molecule has 1 nitrogen and oxygen atoms in total. The van der Waals surface area contributed by atoms with E-state index < -0.39 is 17.5 Å². The highest BCUT2D eigenvalue weighted by Gasteiger charge is 2.36. The van der Waals surface area contributed by atoms with Gasteiger partial charge >= 0.3 is 6.18 Å². The minimum atomic E-state index is -4.50. The first-order valence-electron chi connectivity index (χ1n) is 3.07. The Balaban J connectivity index is 3.38. The molecule has 0 spiro atoms. The molecule has 0 saturated carbocycles. The van der Waals surface area contributed by atoms with Crippen LogP contribution in [0.5, 0.6) is 5.75 Å². The van der Waals surface area contributed by atoms with E-state index >= 15 is 0 Å². The summed E-state index contributed by atoms with van der Waals surface area (Å²) in [6.07, 6.45) is -4.50. The largest absolute Gasteiger partial charge is 0.507 e. The van der Waals surface area contributed by atoms with Crippen LogP contribution in [-0.4, -0.2) is 5.11 Å². The third-order valence-electron chi connectivity index (χ3n) is 1.32. The molecule has 0 unspecified atom stereocenters. The lowest BCUT2D eigenvalue weighted by Gasteiger charge is -2.11. The summed E-state index contributed by atoms with van der Waals surface area (Å²) >= 11 is 3.40. The lowest BCUT2D eigenvalue weighted by atomic mass is 10.2. The van der Waals surface area contributed by atoms with E-state index in [4.69, 9.17) is 5.11 Å². The molecule has 0 aliphatic carbocycles. The van der Waals surface area contributed by atoms with Gasteiger partial charge in [0.15, 0.2) is 0 Å². The van der Waals surface area contributed by atoms with Crippen molar-refractivity contribution in [3.63, 3.8) is 0 Å². The van der Waals surface area contributed by atoms with E-state index in [2.05, 4.69) is 0 Å². The Morgan fingerprint density at radius 1 is 1.15 bits per heavy atom. The van der Waals surface area contributed by atoms with Gasteiger partial charge in [0.25, 0.3) is 0 Å². The zero-order chi connectivity index (χ0) is 10.2. The van der Waals surface area contributed by atoms with Crippen LogP contribution in [0, 0.1) is 7.14 Å². The molecule has 1 N–H and O–H groups in total. The summed E-state index contributed by atoms with van der Waals surface area (Å²) in [6, 6.07) is 2.45. The van der Waals surface area contributed by atoms with Crippen molar-refractivity contribution in [1.82, 2.24) is 0 Å². The molecule has 0 heterocycles. The van der Waals surface area contributed by atoms with E-state index in [1.807, 2.05) is 22.6 Å². The fraction of sp³-hybridized carbons (Fsp3) is 0.143. The molecule has 0 radical (unpaired) electrons. The van der Waals surface area contributed by atoms with Crippen molar-refractivity contribution in [2.24, 2.45) is 0 Å². The van der Waals surface area contributed by atoms with Gasteiger partial charge in [0.1, 0.15) is 11.3 Å². The van der Waals surface area contributed by atoms with Gasteiger partial charge in [-0.05, 0) is 57.3 Å². The predicted octanol–water partition coefficient (Wildman–Crippen LogP) is 3.62. The molecule has 0 fully saturated rings. The number of halogens is 5. The van der Waals surface area contributed by atoms with Crippen LogP contribution >= 0.6 is 45.2 Å². The van der Waals surface area contributed by atoms with E-state index in [0.29, 0.717) is 3.57 Å². The van der Waals surface area contributed by atoms with Crippen LogP contribution in [0.4, 0.5) is 13.2 Å². The van der Waals surface area contributed by atoms with E-state index in [1.165, 1.54) is 6.07 Å². The smallest absolute Gasteiger partial charge is 0.420 e. The van der Waals surface area contributed by atoms with Crippen LogP contribution in [0.3, 0.4) is 0 Å². The third kappa shape index (κ3) is 2.61. The third-order valence-corrected chi connectivity index (χ3v) is 2.79. The highest BCUT2D eigenvalue weighted by molar-refractivity contribution is 14.1. The first-order chi connectivity index (χ1) is 5.82. The monoisotopic (exact) mass is 414 g/mol. The second-order valence-corrected chi connectivity index (χ2v) is 4.69. The molecular formula is C7H3F3I2O. The summed E-state index contributed by atoms with van der Waals surface area (Å²) < 4.78 is 37.4. The van der Waals surface area contributed by atoms with Crippen LogP contribution in [0.15, 0.2) is 12.1 Å². The molecule has 1 rings (SSSR count). The second-order valence-electron chi connectivity index (χ2n) is 2.28. The van der Waals surface area contributed by atoms with Crippen LogP contribution < -0.4 is 0 Å². The zero-order valence-corrected chi connectivity index (χ0v) is 10.3. The molecule has 6 heteroatoms. The molecule has 1 aromatic carbocycles. The average molecular weight is 414 g/mol. The lowest BCUT2D eigenvalue weighted by Crippen LogP contribution is -2.08. The Labute approximate surface area is 99.6 Å². The first kappa shape index (κ1) is 11.3. The summed E-state index contributed by atoms with van der Waals surface area (Å²) in [5.74, 6) is -0.719. The van der Waals surface area contributed by atoms with Crippen molar-refractivity contribution in [2.75, 3.05) is 0 Å². The van der Waals surface area contributed by atoms with Gasteiger partial charge in [-0.15, -0.1) is 0 Å². The summed E-state index contributed by atoms with van der Waals surface area (Å²) in [5, 5.41) is 9.08. The molecule has 0 aliphatic heterocycles. The number of alkyl halides is 3. The first-order valence-corrected chi connectivity index (χ1v) is 5.23. The molecule has 0 saturated heterocycles. The van der Waals surface area contributed by atoms with E-state index in [-0.39, 0.29) is 3.57 Å². The average Bonchev–Trinajstić information content (AvgIpc) is 1.78. The molecule has 0 aromatic heterocycles. The Hall–Kier alpha value is 0.270. The van der Waals surface area contributed by atoms with E-state index in [0.717, 1.165) is 6.07 Å². The highest BCUT2D eigenvalue weighted by atomic mass is 127. The standard InChI is InChI=1S/C7H3F3I2O/c8-7(9,10)6-4(12)1-3(11)2-5(6)13/h1-2,13H. The van der Waals surface area contributed by atoms with Gasteiger partial charge in [0, 0.05) is 7.14 Å². The molecule has 0 amide bonds. The van der Waals surface area contributed by atoms with Crippen molar-refractivity contribution in [3.8, 4) is 5.75 Å². The second kappa shape index (κ2) is 3.79. The zero-order valence-electron chi connectivity index (χ0n) is 5.99. The van der Waals surface area contributed by atoms with Gasteiger partial charge in [0.2, 0.25) is 0 Å². The van der Waals surface area contributed by atoms with Crippen LogP contribution in [0.2, 0.25) is 0 Å². The normalized spacial score (nSPS) is 11.8. The number of phenolic OH excluding ortho intramolecular Hbond substituents is 1. The van der Waals surface area contributed by atoms with Crippen molar-refractivity contribution in [2.45, 2.75) is 6.18 Å². The number of aromatic hydroxyl groups is 1. The summed E-state index contributed by atoms with van der Waals surface area (Å²) in [4.78, 5) is 0. The Kier molecular flexibility index (Phi) is 3.31. The maximum absolute atomic E-state index is 12.3. The van der Waals surface area contributed by atoms with Gasteiger partial charge in [-0.25, -0.2) is 0 Å². The van der Waals surface area contributed by atoms with Crippen LogP contribution in [0.25, 0.3) is 0 Å². The highest BCUT2D eigenvalue weighted by Crippen LogP contribution is 2.39. The van der Waals surface area contributed by atoms with Gasteiger partial charge < -0.3 is 5.11 Å². The van der Waals surface area contributed by atoms with Crippen LogP contribution in [-0.2, 0) is 6.18 Å². The summed E-state index contributed by atoms with van der Waals surface area (Å²) in [7, 11) is 0. The van der Waals surface area contributed by atoms with Gasteiger partial charge in [-0.2, -0.15) is 13.2 Å². The van der Waals surface area contributed by atoms with Crippen molar-refractivity contribution in [3.05, 3.63) is 24.8 Å². The molecule has 72 valence electrons. The van der Waals surface area contributed by atoms with Crippen LogP contribution in [0.1, 0.15) is 5.56 Å². The maximum atomic E-state index is 12.3. The Morgan fingerprint density at radius 3 is 2.08 bits per heavy atom. The Bertz CT molecular complexity index is 312. The van der Waals surface area contributed by atoms with Gasteiger partial charge in [0.05, 0.1) is 0 Å². The van der Waals surface area contributed by atoms with Crippen molar-refractivity contribution >= 4 is 45.2 Å². The molecule has 0 aliphatic rings. The van der Waals surface area contributed by atoms with E-state index in [9.17, 15) is 13.2 Å². The number of hydrogen-bond donors (Lipinski definition) is 1. The summed E-state index contributed by atoms with van der Waals surface area (Å²) in [6.45, 7) is 0. The molecule has 1 aromatic rings. The number of benzene rings is 1. The van der Waals surface area contributed by atoms with Gasteiger partial charge in [-0.3, -0.25) is 0 Å². The fourth-order valence-electron chi connectivity index (χ4n) is 0.841. The molecule has 0 atom stereocenters. The van der Waals surface area contributed by atoms with E-state index in [1.54, 1.807) is 22.6 Å². The van der Waals surface area contributed by atoms with Crippen molar-refractivity contribution in [1.29, 1.82) is 0 Å². The SMILES string of the molecule is Oc1cc(I)cc(I)c1C(F)(F)F. The van der Waals surface area contributed by atoms with Gasteiger partial charge in [-0.1, -0.05) is 0 Å². The Morgan fingerprint density at radius 2 is 1.69 bits per heavy atom. The number of rotatable bonds is 0. The quantitative estimate of drug-likeness (QED) is 0.644. The topological polar surface area (TPSA) is 20.2 Å². The maximum Gasteiger partial charge on any atom is 0.420 e. The molecule has 0 bridgehead atoms. The summed E-state index contributed by atoms with van der Waals surface area (Å²) in [5.41, 5.74) is -0.964. The fourth-order valence-corrected chi connectivity index (χ4v) is 2.96. The van der Waals surface area contributed by atoms with Crippen molar-refractivity contribution < 1.29 is 18.3 Å². The molecular weight excluding hydrogens is 411 g/mol. The lowest BCUT2D eigenvalue weighted by molar-refractivity contribution is -0.139.